The molecule has 5 nitrogen and oxygen atoms in total. The Morgan fingerprint density at radius 3 is 2.35 bits per heavy atom. The number of anilines is 1. The number of carbonyl (C=O) groups excluding carboxylic acids is 1. The SMILES string of the molecule is Cc1ccc(-n2nc(C(=O)Nc3cc(Cl)ccc3C)nc2-c2ccc(Br)cc2)cc1C. The number of nitrogens with zero attached hydrogens (tertiary/aromatic N) is 3. The van der Waals surface area contributed by atoms with Crippen LogP contribution in [0.3, 0.4) is 0 Å². The molecule has 7 heteroatoms. The van der Waals surface area contributed by atoms with Crippen LogP contribution in [-0.4, -0.2) is 20.7 Å². The molecule has 0 fully saturated rings. The van der Waals surface area contributed by atoms with Crippen LogP contribution in [0.4, 0.5) is 5.69 Å². The predicted octanol–water partition coefficient (Wildman–Crippen LogP) is 6.53. The van der Waals surface area contributed by atoms with Gasteiger partial charge in [-0.15, -0.1) is 5.10 Å². The minimum absolute atomic E-state index is 0.0792. The van der Waals surface area contributed by atoms with Gasteiger partial charge in [0.25, 0.3) is 5.91 Å². The number of rotatable bonds is 4. The molecule has 0 unspecified atom stereocenters. The smallest absolute Gasteiger partial charge is 0.295 e. The number of aryl methyl sites for hydroxylation is 3. The highest BCUT2D eigenvalue weighted by molar-refractivity contribution is 9.10. The van der Waals surface area contributed by atoms with Crippen molar-refractivity contribution in [2.24, 2.45) is 0 Å². The Kier molecular flexibility index (Phi) is 5.94. The predicted molar refractivity (Wildman–Crippen MR) is 128 cm³/mol. The van der Waals surface area contributed by atoms with E-state index in [4.69, 9.17) is 11.6 Å². The maximum atomic E-state index is 13.0. The molecule has 3 aromatic carbocycles. The molecule has 4 aromatic rings. The molecule has 156 valence electrons. The summed E-state index contributed by atoms with van der Waals surface area (Å²) in [6, 6.07) is 19.1. The first kappa shape index (κ1) is 21.3. The molecule has 4 rings (SSSR count). The van der Waals surface area contributed by atoms with Crippen molar-refractivity contribution in [2.75, 3.05) is 5.32 Å². The second kappa shape index (κ2) is 8.65. The maximum Gasteiger partial charge on any atom is 0.295 e. The summed E-state index contributed by atoms with van der Waals surface area (Å²) in [7, 11) is 0. The van der Waals surface area contributed by atoms with E-state index in [-0.39, 0.29) is 5.82 Å². The molecular formula is C24H20BrClN4O. The van der Waals surface area contributed by atoms with E-state index in [0.29, 0.717) is 16.5 Å². The summed E-state index contributed by atoms with van der Waals surface area (Å²) in [5.74, 6) is 0.269. The maximum absolute atomic E-state index is 13.0. The first-order chi connectivity index (χ1) is 14.8. The second-order valence-corrected chi connectivity index (χ2v) is 8.71. The van der Waals surface area contributed by atoms with Crippen molar-refractivity contribution in [3.63, 3.8) is 0 Å². The molecule has 1 amide bonds. The minimum Gasteiger partial charge on any atom is -0.319 e. The number of nitrogens with one attached hydrogen (secondary N) is 1. The van der Waals surface area contributed by atoms with Crippen molar-refractivity contribution in [2.45, 2.75) is 20.8 Å². The monoisotopic (exact) mass is 494 g/mol. The van der Waals surface area contributed by atoms with E-state index in [1.807, 2.05) is 62.4 Å². The molecular weight excluding hydrogens is 476 g/mol. The summed E-state index contributed by atoms with van der Waals surface area (Å²) < 4.78 is 2.66. The number of aromatic nitrogens is 3. The molecule has 0 bridgehead atoms. The van der Waals surface area contributed by atoms with Gasteiger partial charge in [0, 0.05) is 20.7 Å². The Balaban J connectivity index is 1.78. The summed E-state index contributed by atoms with van der Waals surface area (Å²) in [6.07, 6.45) is 0. The number of hydrogen-bond donors (Lipinski definition) is 1. The number of hydrogen-bond acceptors (Lipinski definition) is 3. The number of halogens is 2. The van der Waals surface area contributed by atoms with Crippen molar-refractivity contribution in [1.82, 2.24) is 14.8 Å². The van der Waals surface area contributed by atoms with E-state index in [1.165, 1.54) is 5.56 Å². The Morgan fingerprint density at radius 1 is 0.935 bits per heavy atom. The van der Waals surface area contributed by atoms with Gasteiger partial charge in [0.1, 0.15) is 0 Å². The highest BCUT2D eigenvalue weighted by atomic mass is 79.9. The Labute approximate surface area is 194 Å². The lowest BCUT2D eigenvalue weighted by Gasteiger charge is -2.08. The quantitative estimate of drug-likeness (QED) is 0.350. The van der Waals surface area contributed by atoms with Crippen LogP contribution in [0.25, 0.3) is 17.1 Å². The van der Waals surface area contributed by atoms with Crippen LogP contribution < -0.4 is 5.32 Å². The summed E-state index contributed by atoms with van der Waals surface area (Å²) in [6.45, 7) is 6.01. The molecule has 0 saturated heterocycles. The molecule has 0 atom stereocenters. The lowest BCUT2D eigenvalue weighted by molar-refractivity contribution is 0.101. The van der Waals surface area contributed by atoms with Gasteiger partial charge in [-0.25, -0.2) is 9.67 Å². The number of carbonyl (C=O) groups is 1. The number of benzene rings is 3. The molecule has 1 heterocycles. The Hall–Kier alpha value is -2.96. The summed E-state index contributed by atoms with van der Waals surface area (Å²) in [5.41, 5.74) is 5.54. The van der Waals surface area contributed by atoms with E-state index in [0.717, 1.165) is 26.9 Å². The summed E-state index contributed by atoms with van der Waals surface area (Å²) in [5, 5.41) is 7.96. The van der Waals surface area contributed by atoms with Gasteiger partial charge in [0.2, 0.25) is 5.82 Å². The van der Waals surface area contributed by atoms with Crippen molar-refractivity contribution in [3.8, 4) is 17.1 Å². The molecule has 0 aliphatic rings. The lowest BCUT2D eigenvalue weighted by Crippen LogP contribution is -2.15. The van der Waals surface area contributed by atoms with Gasteiger partial charge >= 0.3 is 0 Å². The largest absolute Gasteiger partial charge is 0.319 e. The van der Waals surface area contributed by atoms with Crippen molar-refractivity contribution >= 4 is 39.1 Å². The fourth-order valence-electron chi connectivity index (χ4n) is 3.14. The molecule has 0 saturated carbocycles. The fraction of sp³-hybridized carbons (Fsp3) is 0.125. The van der Waals surface area contributed by atoms with Crippen molar-refractivity contribution < 1.29 is 4.79 Å². The van der Waals surface area contributed by atoms with Gasteiger partial charge in [-0.05, 0) is 73.9 Å². The molecule has 0 spiro atoms. The van der Waals surface area contributed by atoms with Crippen molar-refractivity contribution in [1.29, 1.82) is 0 Å². The van der Waals surface area contributed by atoms with E-state index in [1.54, 1.807) is 16.8 Å². The van der Waals surface area contributed by atoms with Crippen LogP contribution in [0.2, 0.25) is 5.02 Å². The van der Waals surface area contributed by atoms with E-state index < -0.39 is 5.91 Å². The topological polar surface area (TPSA) is 59.8 Å². The molecule has 1 N–H and O–H groups in total. The van der Waals surface area contributed by atoms with E-state index in [2.05, 4.69) is 38.3 Å². The molecule has 0 aliphatic heterocycles. The second-order valence-electron chi connectivity index (χ2n) is 7.36. The third-order valence-electron chi connectivity index (χ3n) is 5.10. The Morgan fingerprint density at radius 2 is 1.65 bits per heavy atom. The standard InChI is InChI=1S/C24H20BrClN4O/c1-14-5-11-20(12-16(14)3)30-23(17-6-8-18(25)9-7-17)28-22(29-30)24(31)27-21-13-19(26)10-4-15(21)2/h4-13H,1-3H3,(H,27,31). The van der Waals surface area contributed by atoms with Crippen molar-refractivity contribution in [3.05, 3.63) is 92.7 Å². The van der Waals surface area contributed by atoms with Crippen LogP contribution in [-0.2, 0) is 0 Å². The Bertz CT molecular complexity index is 1280. The first-order valence-corrected chi connectivity index (χ1v) is 10.9. The average Bonchev–Trinajstić information content (AvgIpc) is 3.19. The third kappa shape index (κ3) is 4.55. The van der Waals surface area contributed by atoms with E-state index in [9.17, 15) is 4.79 Å². The first-order valence-electron chi connectivity index (χ1n) is 9.70. The lowest BCUT2D eigenvalue weighted by atomic mass is 10.1. The van der Waals surface area contributed by atoms with Gasteiger partial charge in [-0.3, -0.25) is 4.79 Å². The molecule has 0 radical (unpaired) electrons. The summed E-state index contributed by atoms with van der Waals surface area (Å²) in [4.78, 5) is 17.6. The zero-order chi connectivity index (χ0) is 22.1. The van der Waals surface area contributed by atoms with Gasteiger partial charge in [-0.1, -0.05) is 51.8 Å². The van der Waals surface area contributed by atoms with Gasteiger partial charge in [-0.2, -0.15) is 0 Å². The zero-order valence-electron chi connectivity index (χ0n) is 17.3. The number of amides is 1. The van der Waals surface area contributed by atoms with Crippen LogP contribution in [0.5, 0.6) is 0 Å². The molecule has 31 heavy (non-hydrogen) atoms. The summed E-state index contributed by atoms with van der Waals surface area (Å²) >= 11 is 9.54. The van der Waals surface area contributed by atoms with Crippen LogP contribution in [0, 0.1) is 20.8 Å². The third-order valence-corrected chi connectivity index (χ3v) is 5.86. The normalized spacial score (nSPS) is 10.9. The highest BCUT2D eigenvalue weighted by Gasteiger charge is 2.20. The van der Waals surface area contributed by atoms with Gasteiger partial charge in [0.05, 0.1) is 5.69 Å². The van der Waals surface area contributed by atoms with Crippen LogP contribution in [0.1, 0.15) is 27.3 Å². The van der Waals surface area contributed by atoms with Gasteiger partial charge in [0.15, 0.2) is 5.82 Å². The highest BCUT2D eigenvalue weighted by Crippen LogP contribution is 2.25. The fourth-order valence-corrected chi connectivity index (χ4v) is 3.57. The van der Waals surface area contributed by atoms with Crippen LogP contribution in [0.15, 0.2) is 65.1 Å². The van der Waals surface area contributed by atoms with E-state index >= 15 is 0 Å². The average molecular weight is 496 g/mol. The zero-order valence-corrected chi connectivity index (χ0v) is 19.6. The minimum atomic E-state index is -0.397. The molecule has 1 aromatic heterocycles. The van der Waals surface area contributed by atoms with Crippen LogP contribution >= 0.6 is 27.5 Å². The van der Waals surface area contributed by atoms with Gasteiger partial charge < -0.3 is 5.32 Å². The molecule has 0 aliphatic carbocycles.